The number of imidazole rings is 1. The van der Waals surface area contributed by atoms with Crippen molar-refractivity contribution in [3.05, 3.63) is 23.0 Å². The lowest BCUT2D eigenvalue weighted by molar-refractivity contribution is -0.0515. The van der Waals surface area contributed by atoms with Gasteiger partial charge < -0.3 is 25.0 Å². The minimum Gasteiger partial charge on any atom is -0.394 e. The first-order chi connectivity index (χ1) is 9.13. The molecule has 3 rings (SSSR count). The Bertz CT molecular complexity index is 653. The molecule has 1 aliphatic rings. The normalized spacial score (nSPS) is 31.1. The van der Waals surface area contributed by atoms with Gasteiger partial charge in [0.2, 0.25) is 0 Å². The SMILES string of the molecule is O=c1ncn([C@@H]2O[C@H](CO)[C@@H](O)[C@H]2O)c2nc[nH]c12. The second-order valence-corrected chi connectivity index (χ2v) is 4.29. The van der Waals surface area contributed by atoms with E-state index in [0.29, 0.717) is 0 Å². The standard InChI is InChI=1S/C10H12N4O5/c15-1-4-6(16)7(17)10(19-4)14-3-13-9(18)5-8(14)12-2-11-5/h2-4,6-7,10,15-17H,1H2,(H,11,12)/t4-,6-,7-,10-/m1/s1. The zero-order chi connectivity index (χ0) is 13.6. The number of H-pyrrole nitrogens is 1. The van der Waals surface area contributed by atoms with E-state index >= 15 is 0 Å². The summed E-state index contributed by atoms with van der Waals surface area (Å²) in [6.07, 6.45) is -1.82. The van der Waals surface area contributed by atoms with Gasteiger partial charge in [-0.05, 0) is 0 Å². The van der Waals surface area contributed by atoms with Crippen molar-refractivity contribution in [3.63, 3.8) is 0 Å². The fourth-order valence-corrected chi connectivity index (χ4v) is 2.17. The molecule has 4 N–H and O–H groups in total. The van der Waals surface area contributed by atoms with Gasteiger partial charge in [0.1, 0.15) is 24.6 Å². The zero-order valence-corrected chi connectivity index (χ0v) is 9.67. The van der Waals surface area contributed by atoms with Crippen molar-refractivity contribution in [2.45, 2.75) is 24.5 Å². The average molecular weight is 268 g/mol. The molecule has 0 radical (unpaired) electrons. The molecule has 4 atom stereocenters. The third-order valence-electron chi connectivity index (χ3n) is 3.17. The van der Waals surface area contributed by atoms with Gasteiger partial charge in [0.15, 0.2) is 17.4 Å². The van der Waals surface area contributed by atoms with Gasteiger partial charge in [0.05, 0.1) is 12.9 Å². The molecule has 0 aliphatic carbocycles. The fraction of sp³-hybridized carbons (Fsp3) is 0.500. The Balaban J connectivity index is 2.08. The molecule has 0 aromatic carbocycles. The Morgan fingerprint density at radius 1 is 1.37 bits per heavy atom. The Kier molecular flexibility index (Phi) is 2.82. The molecule has 2 aromatic heterocycles. The van der Waals surface area contributed by atoms with E-state index in [1.54, 1.807) is 0 Å². The van der Waals surface area contributed by atoms with Crippen LogP contribution in [-0.2, 0) is 4.74 Å². The molecular formula is C10H12N4O5. The second kappa shape index (κ2) is 4.38. The van der Waals surface area contributed by atoms with Gasteiger partial charge >= 0.3 is 0 Å². The van der Waals surface area contributed by atoms with Gasteiger partial charge in [-0.25, -0.2) is 4.98 Å². The van der Waals surface area contributed by atoms with Crippen molar-refractivity contribution in [3.8, 4) is 0 Å². The number of nitrogens with zero attached hydrogens (tertiary/aromatic N) is 3. The summed E-state index contributed by atoms with van der Waals surface area (Å²) in [5.74, 6) is 0. The molecule has 0 unspecified atom stereocenters. The predicted octanol–water partition coefficient (Wildman–Crippen LogP) is -2.27. The van der Waals surface area contributed by atoms with Crippen LogP contribution in [0.5, 0.6) is 0 Å². The number of rotatable bonds is 2. The summed E-state index contributed by atoms with van der Waals surface area (Å²) in [4.78, 5) is 21.7. The van der Waals surface area contributed by atoms with Crippen molar-refractivity contribution < 1.29 is 20.1 Å². The third-order valence-corrected chi connectivity index (χ3v) is 3.17. The molecule has 0 saturated carbocycles. The largest absolute Gasteiger partial charge is 0.394 e. The van der Waals surface area contributed by atoms with Crippen LogP contribution in [-0.4, -0.2) is 59.8 Å². The first-order valence-electron chi connectivity index (χ1n) is 5.66. The monoisotopic (exact) mass is 268 g/mol. The van der Waals surface area contributed by atoms with Crippen molar-refractivity contribution in [2.24, 2.45) is 0 Å². The number of aliphatic hydroxyl groups is 3. The lowest BCUT2D eigenvalue weighted by Crippen LogP contribution is -2.33. The number of hydrogen-bond acceptors (Lipinski definition) is 7. The number of aromatic nitrogens is 4. The summed E-state index contributed by atoms with van der Waals surface area (Å²) in [7, 11) is 0. The summed E-state index contributed by atoms with van der Waals surface area (Å²) in [5, 5.41) is 28.7. The lowest BCUT2D eigenvalue weighted by atomic mass is 10.1. The highest BCUT2D eigenvalue weighted by molar-refractivity contribution is 5.68. The van der Waals surface area contributed by atoms with Gasteiger partial charge in [0.25, 0.3) is 5.56 Å². The molecule has 1 saturated heterocycles. The van der Waals surface area contributed by atoms with E-state index in [1.807, 2.05) is 0 Å². The van der Waals surface area contributed by atoms with Crippen molar-refractivity contribution in [1.29, 1.82) is 0 Å². The van der Waals surface area contributed by atoms with Gasteiger partial charge in [-0.2, -0.15) is 4.98 Å². The van der Waals surface area contributed by atoms with E-state index in [2.05, 4.69) is 15.0 Å². The van der Waals surface area contributed by atoms with Crippen LogP contribution in [0, 0.1) is 0 Å². The summed E-state index contributed by atoms with van der Waals surface area (Å²) in [5.41, 5.74) is -0.0365. The van der Waals surface area contributed by atoms with E-state index in [9.17, 15) is 15.0 Å². The molecule has 2 aromatic rings. The van der Waals surface area contributed by atoms with Crippen molar-refractivity contribution in [1.82, 2.24) is 19.5 Å². The average Bonchev–Trinajstić information content (AvgIpc) is 2.99. The molecule has 0 amide bonds. The van der Waals surface area contributed by atoms with Gasteiger partial charge in [0, 0.05) is 0 Å². The highest BCUT2D eigenvalue weighted by Gasteiger charge is 2.43. The molecule has 19 heavy (non-hydrogen) atoms. The van der Waals surface area contributed by atoms with Crippen LogP contribution in [0.25, 0.3) is 11.2 Å². The third kappa shape index (κ3) is 1.75. The number of ether oxygens (including phenoxy) is 1. The van der Waals surface area contributed by atoms with Crippen LogP contribution in [0.3, 0.4) is 0 Å². The highest BCUT2D eigenvalue weighted by atomic mass is 16.6. The molecule has 3 heterocycles. The van der Waals surface area contributed by atoms with Crippen molar-refractivity contribution in [2.75, 3.05) is 6.61 Å². The number of aliphatic hydroxyl groups excluding tert-OH is 3. The number of hydrogen-bond donors (Lipinski definition) is 4. The van der Waals surface area contributed by atoms with Gasteiger partial charge in [-0.15, -0.1) is 0 Å². The predicted molar refractivity (Wildman–Crippen MR) is 61.2 cm³/mol. The van der Waals surface area contributed by atoms with Crippen LogP contribution >= 0.6 is 0 Å². The molecular weight excluding hydrogens is 256 g/mol. The minimum absolute atomic E-state index is 0.181. The molecule has 0 spiro atoms. The summed E-state index contributed by atoms with van der Waals surface area (Å²) >= 11 is 0. The van der Waals surface area contributed by atoms with Gasteiger partial charge in [-0.3, -0.25) is 9.36 Å². The molecule has 9 nitrogen and oxygen atoms in total. The molecule has 1 fully saturated rings. The van der Waals surface area contributed by atoms with Gasteiger partial charge in [-0.1, -0.05) is 0 Å². The van der Waals surface area contributed by atoms with E-state index in [4.69, 9.17) is 9.84 Å². The summed E-state index contributed by atoms with van der Waals surface area (Å²) in [6.45, 7) is -0.425. The first-order valence-corrected chi connectivity index (χ1v) is 5.66. The maximum Gasteiger partial charge on any atom is 0.298 e. The van der Waals surface area contributed by atoms with Crippen LogP contribution in [0.2, 0.25) is 0 Å². The molecule has 1 aliphatic heterocycles. The summed E-state index contributed by atoms with van der Waals surface area (Å²) < 4.78 is 6.70. The number of nitrogens with one attached hydrogen (secondary N) is 1. The number of aromatic amines is 1. The molecule has 102 valence electrons. The van der Waals surface area contributed by atoms with E-state index < -0.39 is 36.7 Å². The Morgan fingerprint density at radius 2 is 2.16 bits per heavy atom. The smallest absolute Gasteiger partial charge is 0.298 e. The van der Waals surface area contributed by atoms with Crippen LogP contribution in [0.15, 0.2) is 17.4 Å². The molecule has 9 heteroatoms. The second-order valence-electron chi connectivity index (χ2n) is 4.29. The zero-order valence-electron chi connectivity index (χ0n) is 9.67. The Hall–Kier alpha value is -1.81. The highest BCUT2D eigenvalue weighted by Crippen LogP contribution is 2.30. The van der Waals surface area contributed by atoms with E-state index in [-0.39, 0.29) is 11.2 Å². The van der Waals surface area contributed by atoms with E-state index in [1.165, 1.54) is 17.2 Å². The topological polar surface area (TPSA) is 133 Å². The molecule has 0 bridgehead atoms. The first kappa shape index (κ1) is 12.2. The van der Waals surface area contributed by atoms with Crippen LogP contribution in [0.1, 0.15) is 6.23 Å². The van der Waals surface area contributed by atoms with Crippen molar-refractivity contribution >= 4 is 11.2 Å². The fourth-order valence-electron chi connectivity index (χ4n) is 2.17. The quantitative estimate of drug-likeness (QED) is 0.482. The maximum absolute atomic E-state index is 11.5. The van der Waals surface area contributed by atoms with Crippen LogP contribution < -0.4 is 5.56 Å². The lowest BCUT2D eigenvalue weighted by Gasteiger charge is -2.17. The Morgan fingerprint density at radius 3 is 2.84 bits per heavy atom. The Labute approximate surface area is 106 Å². The van der Waals surface area contributed by atoms with Crippen LogP contribution in [0.4, 0.5) is 0 Å². The van der Waals surface area contributed by atoms with E-state index in [0.717, 1.165) is 0 Å². The number of fused-ring (bicyclic) bond motifs is 1. The summed E-state index contributed by atoms with van der Waals surface area (Å²) in [6, 6.07) is 0. The maximum atomic E-state index is 11.5. The minimum atomic E-state index is -1.25.